The minimum Gasteiger partial charge on any atom is -0.462 e. The molecule has 0 radical (unpaired) electrons. The number of rotatable bonds is 4. The molecule has 0 saturated heterocycles. The van der Waals surface area contributed by atoms with Gasteiger partial charge in [-0.25, -0.2) is 9.78 Å². The first-order valence-electron chi connectivity index (χ1n) is 10.2. The highest BCUT2D eigenvalue weighted by molar-refractivity contribution is 7.80. The van der Waals surface area contributed by atoms with Crippen molar-refractivity contribution < 1.29 is 9.53 Å². The molecule has 8 heteroatoms. The molecule has 0 aliphatic heterocycles. The van der Waals surface area contributed by atoms with Crippen LogP contribution in [-0.2, 0) is 17.6 Å². The van der Waals surface area contributed by atoms with Crippen LogP contribution in [0, 0.1) is 13.8 Å². The van der Waals surface area contributed by atoms with Crippen LogP contribution in [0.5, 0.6) is 0 Å². The number of thiocarbonyl (C=S) groups is 1. The van der Waals surface area contributed by atoms with E-state index in [0.717, 1.165) is 51.6 Å². The molecule has 5 nitrogen and oxygen atoms in total. The van der Waals surface area contributed by atoms with Gasteiger partial charge in [-0.15, -0.1) is 11.3 Å². The molecule has 1 aromatic carbocycles. The molecule has 0 atom stereocenters. The van der Waals surface area contributed by atoms with Gasteiger partial charge in [-0.3, -0.25) is 0 Å². The van der Waals surface area contributed by atoms with Crippen LogP contribution in [0.1, 0.15) is 58.1 Å². The Labute approximate surface area is 189 Å². The van der Waals surface area contributed by atoms with Crippen LogP contribution in [0.15, 0.2) is 12.1 Å². The number of nitrogens with one attached hydrogen (secondary N) is 2. The third-order valence-electron chi connectivity index (χ3n) is 5.35. The van der Waals surface area contributed by atoms with Gasteiger partial charge in [-0.2, -0.15) is 0 Å². The predicted molar refractivity (Wildman–Crippen MR) is 130 cm³/mol. The van der Waals surface area contributed by atoms with Crippen molar-refractivity contribution >= 4 is 66.3 Å². The molecule has 2 heterocycles. The van der Waals surface area contributed by atoms with Gasteiger partial charge in [0.2, 0.25) is 0 Å². The summed E-state index contributed by atoms with van der Waals surface area (Å²) >= 11 is 8.74. The molecular formula is C22H25N3O2S3. The quantitative estimate of drug-likeness (QED) is 0.274. The molecule has 0 spiro atoms. The molecular weight excluding hydrogens is 434 g/mol. The van der Waals surface area contributed by atoms with Crippen molar-refractivity contribution in [2.75, 3.05) is 17.2 Å². The highest BCUT2D eigenvalue weighted by Crippen LogP contribution is 2.38. The number of benzene rings is 1. The van der Waals surface area contributed by atoms with E-state index < -0.39 is 0 Å². The fourth-order valence-corrected chi connectivity index (χ4v) is 6.27. The second kappa shape index (κ2) is 8.99. The summed E-state index contributed by atoms with van der Waals surface area (Å²) in [7, 11) is 0. The van der Waals surface area contributed by atoms with Crippen molar-refractivity contribution in [3.8, 4) is 0 Å². The topological polar surface area (TPSA) is 63.2 Å². The lowest BCUT2D eigenvalue weighted by molar-refractivity contribution is 0.0527. The normalized spacial score (nSPS) is 13.6. The number of aromatic nitrogens is 1. The number of nitrogens with zero attached hydrogens (tertiary/aromatic N) is 1. The highest BCUT2D eigenvalue weighted by Gasteiger charge is 2.26. The SMILES string of the molecule is CCOC(=O)c1c(NC(=S)Nc2nc3cc(C)c(C)cc3s2)sc2c1CCCCC2. The van der Waals surface area contributed by atoms with E-state index in [0.29, 0.717) is 17.3 Å². The van der Waals surface area contributed by atoms with Crippen molar-refractivity contribution in [1.82, 2.24) is 4.98 Å². The van der Waals surface area contributed by atoms with Crippen molar-refractivity contribution in [1.29, 1.82) is 0 Å². The van der Waals surface area contributed by atoms with E-state index in [9.17, 15) is 4.79 Å². The molecule has 2 aromatic heterocycles. The molecule has 3 aromatic rings. The molecule has 1 aliphatic carbocycles. The molecule has 30 heavy (non-hydrogen) atoms. The Kier molecular flexibility index (Phi) is 6.36. The monoisotopic (exact) mass is 459 g/mol. The van der Waals surface area contributed by atoms with Crippen LogP contribution in [0.25, 0.3) is 10.2 Å². The number of aryl methyl sites for hydroxylation is 3. The second-order valence-electron chi connectivity index (χ2n) is 7.49. The lowest BCUT2D eigenvalue weighted by Crippen LogP contribution is -2.20. The summed E-state index contributed by atoms with van der Waals surface area (Å²) < 4.78 is 6.47. The molecule has 0 amide bonds. The van der Waals surface area contributed by atoms with Crippen LogP contribution in [0.3, 0.4) is 0 Å². The predicted octanol–water partition coefficient (Wildman–Crippen LogP) is 6.23. The van der Waals surface area contributed by atoms with Gasteiger partial charge >= 0.3 is 5.97 Å². The minimum absolute atomic E-state index is 0.270. The Bertz CT molecular complexity index is 1080. The average molecular weight is 460 g/mol. The Morgan fingerprint density at radius 2 is 1.90 bits per heavy atom. The fourth-order valence-electron chi connectivity index (χ4n) is 3.71. The van der Waals surface area contributed by atoms with Gasteiger partial charge in [0.05, 0.1) is 22.4 Å². The number of carbonyl (C=O) groups excluding carboxylic acids is 1. The Morgan fingerprint density at radius 1 is 1.13 bits per heavy atom. The zero-order valence-corrected chi connectivity index (χ0v) is 19.8. The smallest absolute Gasteiger partial charge is 0.341 e. The Morgan fingerprint density at radius 3 is 2.70 bits per heavy atom. The summed E-state index contributed by atoms with van der Waals surface area (Å²) in [6, 6.07) is 4.25. The van der Waals surface area contributed by atoms with Gasteiger partial charge in [0.25, 0.3) is 0 Å². The minimum atomic E-state index is -0.270. The molecule has 0 saturated carbocycles. The van der Waals surface area contributed by atoms with Crippen LogP contribution in [0.4, 0.5) is 10.1 Å². The van der Waals surface area contributed by atoms with E-state index in [1.54, 1.807) is 22.7 Å². The maximum atomic E-state index is 12.7. The number of hydrogen-bond donors (Lipinski definition) is 2. The van der Waals surface area contributed by atoms with Crippen LogP contribution >= 0.6 is 34.9 Å². The van der Waals surface area contributed by atoms with Crippen LogP contribution < -0.4 is 10.6 Å². The third kappa shape index (κ3) is 4.36. The van der Waals surface area contributed by atoms with Gasteiger partial charge in [0.1, 0.15) is 5.00 Å². The zero-order valence-electron chi connectivity index (χ0n) is 17.4. The lowest BCUT2D eigenvalue weighted by atomic mass is 10.1. The molecule has 1 aliphatic rings. The number of thiophene rings is 1. The molecule has 0 bridgehead atoms. The van der Waals surface area contributed by atoms with Gasteiger partial charge in [-0.1, -0.05) is 17.8 Å². The Hall–Kier alpha value is -2.03. The summed E-state index contributed by atoms with van der Waals surface area (Å²) in [4.78, 5) is 18.6. The molecule has 158 valence electrons. The van der Waals surface area contributed by atoms with E-state index >= 15 is 0 Å². The summed E-state index contributed by atoms with van der Waals surface area (Å²) in [6.45, 7) is 6.38. The number of thiazole rings is 1. The van der Waals surface area contributed by atoms with Crippen molar-refractivity contribution in [2.45, 2.75) is 52.9 Å². The number of anilines is 2. The lowest BCUT2D eigenvalue weighted by Gasteiger charge is -2.10. The first-order chi connectivity index (χ1) is 14.5. The van der Waals surface area contributed by atoms with Crippen molar-refractivity contribution in [2.24, 2.45) is 0 Å². The number of esters is 1. The average Bonchev–Trinajstić information content (AvgIpc) is 3.13. The van der Waals surface area contributed by atoms with Gasteiger partial charge in [-0.05, 0) is 87.5 Å². The first kappa shape index (κ1) is 21.2. The number of hydrogen-bond acceptors (Lipinski definition) is 6. The summed E-state index contributed by atoms with van der Waals surface area (Å²) in [6.07, 6.45) is 5.37. The summed E-state index contributed by atoms with van der Waals surface area (Å²) in [5.41, 5.74) is 5.21. The van der Waals surface area contributed by atoms with Gasteiger partial charge < -0.3 is 15.4 Å². The maximum Gasteiger partial charge on any atom is 0.341 e. The van der Waals surface area contributed by atoms with E-state index in [-0.39, 0.29) is 5.97 Å². The largest absolute Gasteiger partial charge is 0.462 e. The second-order valence-corrected chi connectivity index (χ2v) is 10.0. The van der Waals surface area contributed by atoms with Gasteiger partial charge in [0, 0.05) is 4.88 Å². The number of ether oxygens (including phenoxy) is 1. The third-order valence-corrected chi connectivity index (χ3v) is 7.70. The molecule has 0 unspecified atom stereocenters. The van der Waals surface area contributed by atoms with E-state index in [2.05, 4.69) is 41.6 Å². The van der Waals surface area contributed by atoms with Crippen LogP contribution in [-0.4, -0.2) is 22.7 Å². The molecule has 4 rings (SSSR count). The maximum absolute atomic E-state index is 12.7. The first-order valence-corrected chi connectivity index (χ1v) is 12.3. The summed E-state index contributed by atoms with van der Waals surface area (Å²) in [5.74, 6) is -0.270. The van der Waals surface area contributed by atoms with Crippen LogP contribution in [0.2, 0.25) is 0 Å². The van der Waals surface area contributed by atoms with E-state index in [4.69, 9.17) is 17.0 Å². The fraction of sp³-hybridized carbons (Fsp3) is 0.409. The molecule has 2 N–H and O–H groups in total. The van der Waals surface area contributed by atoms with Crippen molar-refractivity contribution in [3.63, 3.8) is 0 Å². The van der Waals surface area contributed by atoms with E-state index in [1.165, 1.54) is 22.4 Å². The Balaban J connectivity index is 1.57. The standard InChI is InChI=1S/C22H25N3O2S3/c1-4-27-20(26)18-14-8-6-5-7-9-16(14)29-19(18)24-21(28)25-22-23-15-10-12(2)13(3)11-17(15)30-22/h10-11H,4-9H2,1-3H3,(H2,23,24,25,28). The number of fused-ring (bicyclic) bond motifs is 2. The summed E-state index contributed by atoms with van der Waals surface area (Å²) in [5, 5.41) is 8.38. The highest BCUT2D eigenvalue weighted by atomic mass is 32.1. The number of carbonyl (C=O) groups is 1. The van der Waals surface area contributed by atoms with E-state index in [1.807, 2.05) is 6.92 Å². The van der Waals surface area contributed by atoms with Crippen molar-refractivity contribution in [3.05, 3.63) is 39.3 Å². The van der Waals surface area contributed by atoms with Gasteiger partial charge in [0.15, 0.2) is 10.2 Å². The molecule has 0 fully saturated rings. The zero-order chi connectivity index (χ0) is 21.3.